The molecule has 0 saturated heterocycles. The fourth-order valence-corrected chi connectivity index (χ4v) is 4.65. The van der Waals surface area contributed by atoms with E-state index in [2.05, 4.69) is 10.0 Å². The van der Waals surface area contributed by atoms with Gasteiger partial charge in [0.25, 0.3) is 15.9 Å². The molecule has 0 bridgehead atoms. The number of amides is 1. The lowest BCUT2D eigenvalue weighted by Gasteiger charge is -2.13. The first-order chi connectivity index (χ1) is 14.2. The Kier molecular flexibility index (Phi) is 6.48. The third kappa shape index (κ3) is 5.20. The van der Waals surface area contributed by atoms with Gasteiger partial charge in [-0.25, -0.2) is 8.42 Å². The molecule has 0 spiro atoms. The van der Waals surface area contributed by atoms with E-state index >= 15 is 0 Å². The van der Waals surface area contributed by atoms with Gasteiger partial charge in [-0.1, -0.05) is 53.6 Å². The van der Waals surface area contributed by atoms with Crippen molar-refractivity contribution in [2.45, 2.75) is 32.2 Å². The summed E-state index contributed by atoms with van der Waals surface area (Å²) in [6.07, 6.45) is 0. The molecule has 30 heavy (non-hydrogen) atoms. The van der Waals surface area contributed by atoms with E-state index in [-0.39, 0.29) is 21.4 Å². The fourth-order valence-electron chi connectivity index (χ4n) is 3.00. The summed E-state index contributed by atoms with van der Waals surface area (Å²) in [7, 11) is -3.97. The third-order valence-corrected chi connectivity index (χ3v) is 6.50. The quantitative estimate of drug-likeness (QED) is 0.564. The summed E-state index contributed by atoms with van der Waals surface area (Å²) in [6, 6.07) is 17.5. The van der Waals surface area contributed by atoms with Crippen molar-refractivity contribution in [3.8, 4) is 0 Å². The lowest BCUT2D eigenvalue weighted by Crippen LogP contribution is -2.23. The number of nitrogens with one attached hydrogen (secondary N) is 2. The average Bonchev–Trinajstić information content (AvgIpc) is 2.69. The lowest BCUT2D eigenvalue weighted by molar-refractivity contribution is 0.0950. The highest BCUT2D eigenvalue weighted by Crippen LogP contribution is 2.27. The van der Waals surface area contributed by atoms with Crippen molar-refractivity contribution < 1.29 is 13.2 Å². The number of carbonyl (C=O) groups is 1. The predicted molar refractivity (Wildman–Crippen MR) is 121 cm³/mol. The molecule has 0 aliphatic rings. The Morgan fingerprint density at radius 3 is 2.40 bits per heavy atom. The van der Waals surface area contributed by atoms with Crippen LogP contribution in [0.2, 0.25) is 5.02 Å². The number of carbonyl (C=O) groups excluding carboxylic acids is 1. The zero-order chi connectivity index (χ0) is 21.9. The minimum absolute atomic E-state index is 0.0445. The second-order valence-electron chi connectivity index (χ2n) is 7.24. The van der Waals surface area contributed by atoms with Crippen LogP contribution in [0.1, 0.15) is 32.6 Å². The highest BCUT2D eigenvalue weighted by Gasteiger charge is 2.21. The van der Waals surface area contributed by atoms with Crippen molar-refractivity contribution in [1.29, 1.82) is 0 Å². The van der Waals surface area contributed by atoms with E-state index in [1.807, 2.05) is 57.2 Å². The second-order valence-corrected chi connectivity index (χ2v) is 9.30. The smallest absolute Gasteiger partial charge is 0.263 e. The van der Waals surface area contributed by atoms with Gasteiger partial charge >= 0.3 is 0 Å². The largest absolute Gasteiger partial charge is 0.348 e. The van der Waals surface area contributed by atoms with Crippen LogP contribution >= 0.6 is 11.6 Å². The normalized spacial score (nSPS) is 11.2. The van der Waals surface area contributed by atoms with Crippen LogP contribution in [-0.2, 0) is 16.6 Å². The highest BCUT2D eigenvalue weighted by molar-refractivity contribution is 7.92. The standard InChI is InChI=1S/C23H23ClN2O3S/c1-15-5-4-6-18(11-15)14-25-23(27)19-9-10-20(24)22(13-19)30(28,29)26-21-12-16(2)7-8-17(21)3/h4-13,26H,14H2,1-3H3,(H,25,27). The van der Waals surface area contributed by atoms with Crippen molar-refractivity contribution >= 4 is 33.2 Å². The first-order valence-electron chi connectivity index (χ1n) is 9.39. The second kappa shape index (κ2) is 8.90. The first kappa shape index (κ1) is 21.9. The Balaban J connectivity index is 1.83. The Bertz CT molecular complexity index is 1210. The fraction of sp³-hybridized carbons (Fsp3) is 0.174. The van der Waals surface area contributed by atoms with Crippen molar-refractivity contribution in [2.24, 2.45) is 0 Å². The Morgan fingerprint density at radius 1 is 0.933 bits per heavy atom. The number of hydrogen-bond donors (Lipinski definition) is 2. The topological polar surface area (TPSA) is 75.3 Å². The van der Waals surface area contributed by atoms with Crippen LogP contribution in [0.15, 0.2) is 65.6 Å². The number of rotatable bonds is 6. The van der Waals surface area contributed by atoms with Crippen molar-refractivity contribution in [2.75, 3.05) is 4.72 Å². The number of hydrogen-bond acceptors (Lipinski definition) is 3. The van der Waals surface area contributed by atoms with Gasteiger partial charge in [-0.3, -0.25) is 9.52 Å². The van der Waals surface area contributed by atoms with E-state index in [1.54, 1.807) is 6.07 Å². The molecule has 7 heteroatoms. The van der Waals surface area contributed by atoms with Gasteiger partial charge in [0.15, 0.2) is 0 Å². The van der Waals surface area contributed by atoms with Crippen LogP contribution in [0.3, 0.4) is 0 Å². The zero-order valence-electron chi connectivity index (χ0n) is 17.0. The molecule has 0 radical (unpaired) electrons. The Labute approximate surface area is 182 Å². The lowest BCUT2D eigenvalue weighted by atomic mass is 10.1. The van der Waals surface area contributed by atoms with E-state index in [0.29, 0.717) is 12.2 Å². The monoisotopic (exact) mass is 442 g/mol. The van der Waals surface area contributed by atoms with Gasteiger partial charge in [0.05, 0.1) is 10.7 Å². The molecule has 3 aromatic rings. The molecule has 0 aromatic heterocycles. The number of aryl methyl sites for hydroxylation is 3. The number of anilines is 1. The molecular formula is C23H23ClN2O3S. The van der Waals surface area contributed by atoms with Crippen LogP contribution in [0, 0.1) is 20.8 Å². The van der Waals surface area contributed by atoms with E-state index < -0.39 is 10.0 Å². The molecule has 5 nitrogen and oxygen atoms in total. The molecule has 0 aliphatic carbocycles. The third-order valence-electron chi connectivity index (χ3n) is 4.66. The molecule has 0 unspecified atom stereocenters. The van der Waals surface area contributed by atoms with Crippen molar-refractivity contribution in [3.63, 3.8) is 0 Å². The van der Waals surface area contributed by atoms with Gasteiger partial charge < -0.3 is 5.32 Å². The summed E-state index contributed by atoms with van der Waals surface area (Å²) >= 11 is 6.16. The van der Waals surface area contributed by atoms with Gasteiger partial charge in [-0.2, -0.15) is 0 Å². The summed E-state index contributed by atoms with van der Waals surface area (Å²) in [5, 5.41) is 2.85. The number of halogens is 1. The molecule has 0 aliphatic heterocycles. The van der Waals surface area contributed by atoms with Crippen LogP contribution in [-0.4, -0.2) is 14.3 Å². The van der Waals surface area contributed by atoms with Gasteiger partial charge in [0, 0.05) is 12.1 Å². The molecule has 3 rings (SSSR count). The molecule has 156 valence electrons. The van der Waals surface area contributed by atoms with Crippen LogP contribution in [0.4, 0.5) is 5.69 Å². The Hall–Kier alpha value is -2.83. The van der Waals surface area contributed by atoms with Crippen LogP contribution in [0.5, 0.6) is 0 Å². The van der Waals surface area contributed by atoms with E-state index in [4.69, 9.17) is 11.6 Å². The maximum atomic E-state index is 13.0. The molecule has 2 N–H and O–H groups in total. The number of sulfonamides is 1. The molecule has 3 aromatic carbocycles. The van der Waals surface area contributed by atoms with Gasteiger partial charge in [0.1, 0.15) is 4.90 Å². The van der Waals surface area contributed by atoms with Crippen LogP contribution in [0.25, 0.3) is 0 Å². The van der Waals surface area contributed by atoms with Gasteiger partial charge in [-0.15, -0.1) is 0 Å². The molecule has 1 amide bonds. The maximum Gasteiger partial charge on any atom is 0.263 e. The maximum absolute atomic E-state index is 13.0. The SMILES string of the molecule is Cc1cccc(CNC(=O)c2ccc(Cl)c(S(=O)(=O)Nc3cc(C)ccc3C)c2)c1. The van der Waals surface area contributed by atoms with Gasteiger partial charge in [-0.05, 0) is 61.7 Å². The molecule has 0 fully saturated rings. The minimum Gasteiger partial charge on any atom is -0.348 e. The summed E-state index contributed by atoms with van der Waals surface area (Å²) in [4.78, 5) is 12.4. The van der Waals surface area contributed by atoms with Crippen molar-refractivity contribution in [3.05, 3.63) is 93.5 Å². The van der Waals surface area contributed by atoms with Crippen LogP contribution < -0.4 is 10.0 Å². The van der Waals surface area contributed by atoms with Crippen molar-refractivity contribution in [1.82, 2.24) is 5.32 Å². The molecule has 0 heterocycles. The zero-order valence-corrected chi connectivity index (χ0v) is 18.6. The highest BCUT2D eigenvalue weighted by atomic mass is 35.5. The summed E-state index contributed by atoms with van der Waals surface area (Å²) in [6.45, 7) is 6.01. The van der Waals surface area contributed by atoms with Gasteiger partial charge in [0.2, 0.25) is 0 Å². The minimum atomic E-state index is -3.97. The van der Waals surface area contributed by atoms with E-state index in [1.165, 1.54) is 18.2 Å². The Morgan fingerprint density at radius 2 is 1.67 bits per heavy atom. The summed E-state index contributed by atoms with van der Waals surface area (Å²) in [5.41, 5.74) is 4.45. The molecule has 0 atom stereocenters. The summed E-state index contributed by atoms with van der Waals surface area (Å²) in [5.74, 6) is -0.378. The summed E-state index contributed by atoms with van der Waals surface area (Å²) < 4.78 is 28.5. The molecule has 0 saturated carbocycles. The molecular weight excluding hydrogens is 420 g/mol. The van der Waals surface area contributed by atoms with E-state index in [0.717, 1.165) is 22.3 Å². The first-order valence-corrected chi connectivity index (χ1v) is 11.3. The average molecular weight is 443 g/mol. The number of benzene rings is 3. The predicted octanol–water partition coefficient (Wildman–Crippen LogP) is 5.00. The van der Waals surface area contributed by atoms with E-state index in [9.17, 15) is 13.2 Å².